The maximum absolute atomic E-state index is 12.1. The second kappa shape index (κ2) is 9.09. The van der Waals surface area contributed by atoms with Crippen LogP contribution in [0.4, 0.5) is 5.69 Å². The van der Waals surface area contributed by atoms with Gasteiger partial charge in [-0.05, 0) is 30.7 Å². The van der Waals surface area contributed by atoms with Crippen molar-refractivity contribution in [3.05, 3.63) is 69.3 Å². The molecule has 9 nitrogen and oxygen atoms in total. The fourth-order valence-corrected chi connectivity index (χ4v) is 2.26. The molecule has 0 aliphatic carbocycles. The van der Waals surface area contributed by atoms with E-state index in [0.717, 1.165) is 5.56 Å². The first-order valence-electron chi connectivity index (χ1n) is 7.90. The van der Waals surface area contributed by atoms with E-state index in [4.69, 9.17) is 4.74 Å². The summed E-state index contributed by atoms with van der Waals surface area (Å²) in [6.45, 7) is 1.15. The molecule has 0 saturated heterocycles. The van der Waals surface area contributed by atoms with Crippen LogP contribution < -0.4 is 15.5 Å². The minimum atomic E-state index is -0.580. The molecule has 2 aromatic carbocycles. The van der Waals surface area contributed by atoms with E-state index in [1.807, 2.05) is 0 Å². The molecule has 2 rings (SSSR count). The molecular formula is C18H18N4O5. The molecule has 2 N–H and O–H groups in total. The van der Waals surface area contributed by atoms with Gasteiger partial charge in [0, 0.05) is 17.2 Å². The molecule has 2 amide bonds. The Morgan fingerprint density at radius 2 is 2.00 bits per heavy atom. The Morgan fingerprint density at radius 1 is 1.26 bits per heavy atom. The average molecular weight is 370 g/mol. The lowest BCUT2D eigenvalue weighted by molar-refractivity contribution is -0.385. The standard InChI is InChI=1S/C18H18N4O5/c1-12-15(7-4-8-16(12)22(25)26)18(24)19-11-17(23)21-20-10-13-5-3-6-14(9-13)27-2/h3-10H,11H2,1-2H3,(H,19,24)(H,21,23)/b20-10+. The number of hydrogen-bond acceptors (Lipinski definition) is 6. The van der Waals surface area contributed by atoms with Gasteiger partial charge in [-0.1, -0.05) is 18.2 Å². The quantitative estimate of drug-likeness (QED) is 0.437. The van der Waals surface area contributed by atoms with Gasteiger partial charge in [-0.2, -0.15) is 5.10 Å². The minimum absolute atomic E-state index is 0.136. The summed E-state index contributed by atoms with van der Waals surface area (Å²) in [5.74, 6) is -0.460. The first kappa shape index (κ1) is 19.6. The molecular weight excluding hydrogens is 352 g/mol. The Labute approximate surface area is 155 Å². The zero-order valence-corrected chi connectivity index (χ0v) is 14.8. The summed E-state index contributed by atoms with van der Waals surface area (Å²) in [5.41, 5.74) is 3.23. The summed E-state index contributed by atoms with van der Waals surface area (Å²) in [4.78, 5) is 34.3. The topological polar surface area (TPSA) is 123 Å². The molecule has 0 aromatic heterocycles. The summed E-state index contributed by atoms with van der Waals surface area (Å²) in [7, 11) is 1.55. The number of nitrogens with zero attached hydrogens (tertiary/aromatic N) is 2. The van der Waals surface area contributed by atoms with Crippen LogP contribution in [0.15, 0.2) is 47.6 Å². The number of carbonyl (C=O) groups excluding carboxylic acids is 2. The van der Waals surface area contributed by atoms with Crippen LogP contribution in [0.25, 0.3) is 0 Å². The van der Waals surface area contributed by atoms with Crippen molar-refractivity contribution in [1.29, 1.82) is 0 Å². The van der Waals surface area contributed by atoms with E-state index in [1.165, 1.54) is 31.3 Å². The molecule has 0 atom stereocenters. The SMILES string of the molecule is COc1cccc(/C=N/NC(=O)CNC(=O)c2cccc([N+](=O)[O-])c2C)c1. The number of benzene rings is 2. The van der Waals surface area contributed by atoms with Crippen LogP contribution in [0, 0.1) is 17.0 Å². The number of rotatable bonds is 7. The fraction of sp³-hybridized carbons (Fsp3) is 0.167. The molecule has 0 radical (unpaired) electrons. The van der Waals surface area contributed by atoms with Gasteiger partial charge in [0.25, 0.3) is 17.5 Å². The van der Waals surface area contributed by atoms with Gasteiger partial charge in [0.05, 0.1) is 24.8 Å². The Morgan fingerprint density at radius 3 is 2.70 bits per heavy atom. The maximum Gasteiger partial charge on any atom is 0.273 e. The number of hydrogen-bond donors (Lipinski definition) is 2. The summed E-state index contributed by atoms with van der Waals surface area (Å²) >= 11 is 0. The van der Waals surface area contributed by atoms with E-state index in [0.29, 0.717) is 5.75 Å². The predicted molar refractivity (Wildman–Crippen MR) is 98.9 cm³/mol. The van der Waals surface area contributed by atoms with Gasteiger partial charge in [-0.25, -0.2) is 5.43 Å². The van der Waals surface area contributed by atoms with Crippen molar-refractivity contribution in [3.63, 3.8) is 0 Å². The van der Waals surface area contributed by atoms with Gasteiger partial charge in [-0.15, -0.1) is 0 Å². The van der Waals surface area contributed by atoms with Crippen molar-refractivity contribution in [3.8, 4) is 5.75 Å². The molecule has 0 unspecified atom stereocenters. The van der Waals surface area contributed by atoms with E-state index < -0.39 is 16.7 Å². The molecule has 0 saturated carbocycles. The highest BCUT2D eigenvalue weighted by Crippen LogP contribution is 2.20. The summed E-state index contributed by atoms with van der Waals surface area (Å²) < 4.78 is 5.08. The zero-order chi connectivity index (χ0) is 19.8. The first-order valence-corrected chi connectivity index (χ1v) is 7.90. The number of methoxy groups -OCH3 is 1. The summed E-state index contributed by atoms with van der Waals surface area (Å²) in [6.07, 6.45) is 1.44. The molecule has 0 aliphatic rings. The van der Waals surface area contributed by atoms with Crippen molar-refractivity contribution < 1.29 is 19.2 Å². The molecule has 0 aliphatic heterocycles. The number of nitro groups is 1. The number of ether oxygens (including phenoxy) is 1. The van der Waals surface area contributed by atoms with Crippen molar-refractivity contribution in [2.75, 3.05) is 13.7 Å². The van der Waals surface area contributed by atoms with Crippen LogP contribution in [0.2, 0.25) is 0 Å². The minimum Gasteiger partial charge on any atom is -0.497 e. The first-order chi connectivity index (χ1) is 12.9. The van der Waals surface area contributed by atoms with Crippen LogP contribution in [0.3, 0.4) is 0 Å². The molecule has 0 bridgehead atoms. The molecule has 27 heavy (non-hydrogen) atoms. The van der Waals surface area contributed by atoms with Gasteiger partial charge in [0.1, 0.15) is 5.75 Å². The largest absolute Gasteiger partial charge is 0.497 e. The fourth-order valence-electron chi connectivity index (χ4n) is 2.26. The Kier molecular flexibility index (Phi) is 6.59. The third kappa shape index (κ3) is 5.36. The third-order valence-electron chi connectivity index (χ3n) is 3.65. The van der Waals surface area contributed by atoms with Crippen LogP contribution in [0.5, 0.6) is 5.75 Å². The highest BCUT2D eigenvalue weighted by atomic mass is 16.6. The van der Waals surface area contributed by atoms with Crippen molar-refractivity contribution in [2.45, 2.75) is 6.92 Å². The van der Waals surface area contributed by atoms with Gasteiger partial charge in [-0.3, -0.25) is 19.7 Å². The Balaban J connectivity index is 1.90. The average Bonchev–Trinajstić information content (AvgIpc) is 2.66. The van der Waals surface area contributed by atoms with Gasteiger partial charge < -0.3 is 10.1 Å². The molecule has 0 spiro atoms. The van der Waals surface area contributed by atoms with Crippen molar-refractivity contribution in [2.24, 2.45) is 5.10 Å². The van der Waals surface area contributed by atoms with Crippen molar-refractivity contribution >= 4 is 23.7 Å². The van der Waals surface area contributed by atoms with Crippen LogP contribution in [-0.4, -0.2) is 36.6 Å². The lowest BCUT2D eigenvalue weighted by Crippen LogP contribution is -2.35. The van der Waals surface area contributed by atoms with E-state index in [9.17, 15) is 19.7 Å². The number of nitro benzene ring substituents is 1. The third-order valence-corrected chi connectivity index (χ3v) is 3.65. The van der Waals surface area contributed by atoms with E-state index in [2.05, 4.69) is 15.8 Å². The van der Waals surface area contributed by atoms with E-state index in [-0.39, 0.29) is 23.4 Å². The lowest BCUT2D eigenvalue weighted by atomic mass is 10.1. The van der Waals surface area contributed by atoms with Crippen LogP contribution >= 0.6 is 0 Å². The van der Waals surface area contributed by atoms with Crippen molar-refractivity contribution in [1.82, 2.24) is 10.7 Å². The van der Waals surface area contributed by atoms with E-state index >= 15 is 0 Å². The predicted octanol–water partition coefficient (Wildman–Crippen LogP) is 1.79. The van der Waals surface area contributed by atoms with Crippen LogP contribution in [0.1, 0.15) is 21.5 Å². The number of hydrazone groups is 1. The molecule has 0 heterocycles. The highest BCUT2D eigenvalue weighted by Gasteiger charge is 2.18. The number of nitrogens with one attached hydrogen (secondary N) is 2. The molecule has 9 heteroatoms. The van der Waals surface area contributed by atoms with E-state index in [1.54, 1.807) is 31.4 Å². The monoisotopic (exact) mass is 370 g/mol. The molecule has 0 fully saturated rings. The second-order valence-electron chi connectivity index (χ2n) is 5.46. The molecule has 2 aromatic rings. The second-order valence-corrected chi connectivity index (χ2v) is 5.46. The number of carbonyl (C=O) groups is 2. The Bertz CT molecular complexity index is 895. The molecule has 140 valence electrons. The Hall–Kier alpha value is -3.75. The number of amides is 2. The van der Waals surface area contributed by atoms with Crippen LogP contribution in [-0.2, 0) is 4.79 Å². The normalized spacial score (nSPS) is 10.4. The highest BCUT2D eigenvalue weighted by molar-refractivity contribution is 5.98. The van der Waals surface area contributed by atoms with Gasteiger partial charge in [0.2, 0.25) is 0 Å². The van der Waals surface area contributed by atoms with Gasteiger partial charge >= 0.3 is 0 Å². The smallest absolute Gasteiger partial charge is 0.273 e. The maximum atomic E-state index is 12.1. The zero-order valence-electron chi connectivity index (χ0n) is 14.8. The van der Waals surface area contributed by atoms with Gasteiger partial charge in [0.15, 0.2) is 0 Å². The lowest BCUT2D eigenvalue weighted by Gasteiger charge is -2.07. The summed E-state index contributed by atoms with van der Waals surface area (Å²) in [5, 5.41) is 17.1. The summed E-state index contributed by atoms with van der Waals surface area (Å²) in [6, 6.07) is 11.3.